The second kappa shape index (κ2) is 7.13. The average molecular weight is 346 g/mol. The predicted octanol–water partition coefficient (Wildman–Crippen LogP) is 1.51. The van der Waals surface area contributed by atoms with Crippen molar-refractivity contribution < 1.29 is 23.9 Å². The lowest BCUT2D eigenvalue weighted by atomic mass is 9.95. The first-order chi connectivity index (χ1) is 12.0. The molecule has 1 aromatic rings. The number of esters is 1. The summed E-state index contributed by atoms with van der Waals surface area (Å²) in [6, 6.07) is 8.33. The molecule has 7 heteroatoms. The van der Waals surface area contributed by atoms with Gasteiger partial charge in [0.25, 0.3) is 0 Å². The van der Waals surface area contributed by atoms with Crippen molar-refractivity contribution in [3.63, 3.8) is 0 Å². The number of hydrogen-bond donors (Lipinski definition) is 2. The zero-order valence-corrected chi connectivity index (χ0v) is 14.1. The molecule has 1 spiro atoms. The first kappa shape index (κ1) is 17.3. The molecule has 2 amide bonds. The first-order valence-electron chi connectivity index (χ1n) is 8.38. The van der Waals surface area contributed by atoms with E-state index in [1.165, 1.54) is 7.11 Å². The highest BCUT2D eigenvalue weighted by atomic mass is 16.6. The van der Waals surface area contributed by atoms with Crippen LogP contribution in [0.2, 0.25) is 0 Å². The summed E-state index contributed by atoms with van der Waals surface area (Å²) in [5.74, 6) is -0.951. The Morgan fingerprint density at radius 1 is 1.32 bits per heavy atom. The number of benzene rings is 1. The molecule has 1 aliphatic carbocycles. The van der Waals surface area contributed by atoms with Crippen molar-refractivity contribution in [2.75, 3.05) is 7.11 Å². The van der Waals surface area contributed by atoms with Crippen LogP contribution < -0.4 is 10.6 Å². The Bertz CT molecular complexity index is 657. The Morgan fingerprint density at radius 2 is 2.04 bits per heavy atom. The molecule has 2 N–H and O–H groups in total. The first-order valence-corrected chi connectivity index (χ1v) is 8.38. The lowest BCUT2D eigenvalue weighted by Gasteiger charge is -2.18. The number of hydrogen-bond acceptors (Lipinski definition) is 5. The summed E-state index contributed by atoms with van der Waals surface area (Å²) in [6.45, 7) is 0.105. The third kappa shape index (κ3) is 4.29. The van der Waals surface area contributed by atoms with Crippen LogP contribution >= 0.6 is 0 Å². The molecule has 0 bridgehead atoms. The zero-order chi connectivity index (χ0) is 17.9. The number of carbonyl (C=O) groups is 3. The molecule has 7 nitrogen and oxygen atoms in total. The number of nitrogens with one attached hydrogen (secondary N) is 2. The van der Waals surface area contributed by atoms with Crippen LogP contribution in [0.1, 0.15) is 31.2 Å². The van der Waals surface area contributed by atoms with E-state index in [2.05, 4.69) is 10.6 Å². The predicted molar refractivity (Wildman–Crippen MR) is 88.4 cm³/mol. The molecule has 25 heavy (non-hydrogen) atoms. The Balaban J connectivity index is 1.54. The summed E-state index contributed by atoms with van der Waals surface area (Å²) < 4.78 is 9.89. The number of methoxy groups -OCH3 is 1. The van der Waals surface area contributed by atoms with Gasteiger partial charge in [0, 0.05) is 11.5 Å². The van der Waals surface area contributed by atoms with Gasteiger partial charge in [0.1, 0.15) is 12.6 Å². The van der Waals surface area contributed by atoms with Crippen molar-refractivity contribution >= 4 is 18.0 Å². The van der Waals surface area contributed by atoms with Crippen molar-refractivity contribution in [3.05, 3.63) is 35.9 Å². The van der Waals surface area contributed by atoms with Crippen molar-refractivity contribution in [2.24, 2.45) is 5.92 Å². The van der Waals surface area contributed by atoms with E-state index in [0.29, 0.717) is 6.42 Å². The molecule has 134 valence electrons. The fourth-order valence-electron chi connectivity index (χ4n) is 3.20. The molecule has 1 heterocycles. The van der Waals surface area contributed by atoms with Crippen LogP contribution in [0.4, 0.5) is 4.79 Å². The van der Waals surface area contributed by atoms with Crippen LogP contribution in [-0.4, -0.2) is 36.7 Å². The lowest BCUT2D eigenvalue weighted by molar-refractivity contribution is -0.143. The van der Waals surface area contributed by atoms with Gasteiger partial charge < -0.3 is 20.1 Å². The minimum atomic E-state index is -0.905. The molecule has 1 saturated heterocycles. The van der Waals surface area contributed by atoms with E-state index in [1.54, 1.807) is 0 Å². The third-order valence-corrected chi connectivity index (χ3v) is 4.76. The number of ether oxygens (including phenoxy) is 2. The standard InChI is InChI=1S/C18H22N2O5/c1-24-16(22)14(9-13-10-18(7-8-18)20-15(13)21)19-17(23)25-11-12-5-3-2-4-6-12/h2-6,13-14H,7-11H2,1H3,(H,19,23)(H,20,21)/t13-,14+/m1/s1. The largest absolute Gasteiger partial charge is 0.467 e. The van der Waals surface area contributed by atoms with Crippen molar-refractivity contribution in [2.45, 2.75) is 43.9 Å². The van der Waals surface area contributed by atoms with Crippen molar-refractivity contribution in [1.29, 1.82) is 0 Å². The van der Waals surface area contributed by atoms with Gasteiger partial charge in [-0.2, -0.15) is 0 Å². The topological polar surface area (TPSA) is 93.7 Å². The van der Waals surface area contributed by atoms with Gasteiger partial charge in [0.2, 0.25) is 5.91 Å². The molecule has 2 fully saturated rings. The van der Waals surface area contributed by atoms with Crippen LogP contribution in [0.25, 0.3) is 0 Å². The average Bonchev–Trinajstić information content (AvgIpc) is 3.29. The van der Waals surface area contributed by atoms with E-state index in [-0.39, 0.29) is 30.4 Å². The highest BCUT2D eigenvalue weighted by molar-refractivity contribution is 5.85. The Morgan fingerprint density at radius 3 is 2.64 bits per heavy atom. The lowest BCUT2D eigenvalue weighted by Crippen LogP contribution is -2.43. The number of alkyl carbamates (subject to hydrolysis) is 1. The molecule has 1 aliphatic heterocycles. The quantitative estimate of drug-likeness (QED) is 0.762. The van der Waals surface area contributed by atoms with Crippen LogP contribution in [0, 0.1) is 5.92 Å². The van der Waals surface area contributed by atoms with Gasteiger partial charge in [-0.05, 0) is 31.2 Å². The summed E-state index contributed by atoms with van der Waals surface area (Å²) in [4.78, 5) is 36.0. The molecular weight excluding hydrogens is 324 g/mol. The van der Waals surface area contributed by atoms with Gasteiger partial charge in [0.05, 0.1) is 7.11 Å². The van der Waals surface area contributed by atoms with Gasteiger partial charge in [-0.3, -0.25) is 4.79 Å². The highest BCUT2D eigenvalue weighted by Crippen LogP contribution is 2.46. The minimum absolute atomic E-state index is 0.0640. The molecule has 0 unspecified atom stereocenters. The molecular formula is C18H22N2O5. The van der Waals surface area contributed by atoms with Crippen LogP contribution in [0.5, 0.6) is 0 Å². The smallest absolute Gasteiger partial charge is 0.408 e. The molecule has 1 saturated carbocycles. The molecule has 0 aromatic heterocycles. The second-order valence-electron chi connectivity index (χ2n) is 6.69. The summed E-state index contributed by atoms with van der Waals surface area (Å²) in [7, 11) is 1.25. The Hall–Kier alpha value is -2.57. The fourth-order valence-corrected chi connectivity index (χ4v) is 3.20. The van der Waals surface area contributed by atoms with Crippen LogP contribution in [0.15, 0.2) is 30.3 Å². The normalized spacial score (nSPS) is 21.3. The number of amides is 2. The van der Waals surface area contributed by atoms with E-state index in [0.717, 1.165) is 18.4 Å². The molecule has 2 atom stereocenters. The fraction of sp³-hybridized carbons (Fsp3) is 0.500. The van der Waals surface area contributed by atoms with E-state index in [4.69, 9.17) is 9.47 Å². The van der Waals surface area contributed by atoms with Gasteiger partial charge >= 0.3 is 12.1 Å². The Labute approximate surface area is 146 Å². The van der Waals surface area contributed by atoms with Crippen LogP contribution in [0.3, 0.4) is 0 Å². The highest BCUT2D eigenvalue weighted by Gasteiger charge is 2.52. The van der Waals surface area contributed by atoms with Crippen molar-refractivity contribution in [1.82, 2.24) is 10.6 Å². The maximum atomic E-state index is 12.1. The number of rotatable bonds is 6. The molecule has 0 radical (unpaired) electrons. The van der Waals surface area contributed by atoms with Gasteiger partial charge in [-0.15, -0.1) is 0 Å². The zero-order valence-electron chi connectivity index (χ0n) is 14.1. The van der Waals surface area contributed by atoms with Gasteiger partial charge in [-0.25, -0.2) is 9.59 Å². The van der Waals surface area contributed by atoms with Crippen molar-refractivity contribution in [3.8, 4) is 0 Å². The second-order valence-corrected chi connectivity index (χ2v) is 6.69. The molecule has 2 aliphatic rings. The van der Waals surface area contributed by atoms with Crippen LogP contribution in [-0.2, 0) is 25.7 Å². The maximum absolute atomic E-state index is 12.1. The Kier molecular flexibility index (Phi) is 4.92. The van der Waals surface area contributed by atoms with E-state index >= 15 is 0 Å². The molecule has 1 aromatic carbocycles. The van der Waals surface area contributed by atoms with E-state index in [9.17, 15) is 14.4 Å². The summed E-state index contributed by atoms with van der Waals surface area (Å²) in [5.41, 5.74) is 0.772. The van der Waals surface area contributed by atoms with E-state index in [1.807, 2.05) is 30.3 Å². The summed E-state index contributed by atoms with van der Waals surface area (Å²) >= 11 is 0. The maximum Gasteiger partial charge on any atom is 0.408 e. The monoisotopic (exact) mass is 346 g/mol. The third-order valence-electron chi connectivity index (χ3n) is 4.76. The van der Waals surface area contributed by atoms with Gasteiger partial charge in [0.15, 0.2) is 0 Å². The molecule has 3 rings (SSSR count). The minimum Gasteiger partial charge on any atom is -0.467 e. The van der Waals surface area contributed by atoms with Gasteiger partial charge in [-0.1, -0.05) is 30.3 Å². The SMILES string of the molecule is COC(=O)[C@H](C[C@@H]1CC2(CC2)NC1=O)NC(=O)OCc1ccccc1. The number of carbonyl (C=O) groups excluding carboxylic acids is 3. The summed E-state index contributed by atoms with van der Waals surface area (Å²) in [6.07, 6.45) is 2.15. The van der Waals surface area contributed by atoms with E-state index < -0.39 is 18.1 Å². The summed E-state index contributed by atoms with van der Waals surface area (Å²) in [5, 5.41) is 5.50.